The van der Waals surface area contributed by atoms with Crippen molar-refractivity contribution in [3.63, 3.8) is 0 Å². The second kappa shape index (κ2) is 5.82. The zero-order chi connectivity index (χ0) is 16.7. The van der Waals surface area contributed by atoms with Crippen molar-refractivity contribution in [3.8, 4) is 0 Å². The van der Waals surface area contributed by atoms with Gasteiger partial charge in [0.15, 0.2) is 5.65 Å². The molecule has 128 valence electrons. The van der Waals surface area contributed by atoms with Crippen LogP contribution >= 0.6 is 0 Å². The molecule has 0 aromatic carbocycles. The number of fused-ring (bicyclic) bond motifs is 2. The summed E-state index contributed by atoms with van der Waals surface area (Å²) >= 11 is 0. The van der Waals surface area contributed by atoms with Crippen LogP contribution < -0.4 is 0 Å². The van der Waals surface area contributed by atoms with E-state index in [-0.39, 0.29) is 23.7 Å². The van der Waals surface area contributed by atoms with Crippen LogP contribution in [-0.4, -0.2) is 63.9 Å². The summed E-state index contributed by atoms with van der Waals surface area (Å²) in [6.07, 6.45) is 7.24. The third kappa shape index (κ3) is 2.31. The third-order valence-corrected chi connectivity index (χ3v) is 5.68. The average molecular weight is 330 g/mol. The topological polar surface area (TPSA) is 69.0 Å². The number of nitrogens with zero attached hydrogens (tertiary/aromatic N) is 4. The zero-order valence-corrected chi connectivity index (χ0v) is 14.0. The Morgan fingerprint density at radius 3 is 3.04 bits per heavy atom. The highest BCUT2D eigenvalue weighted by Gasteiger charge is 2.52. The summed E-state index contributed by atoms with van der Waals surface area (Å²) in [4.78, 5) is 15.0. The van der Waals surface area contributed by atoms with Gasteiger partial charge in [0.05, 0.1) is 17.7 Å². The van der Waals surface area contributed by atoms with E-state index in [4.69, 9.17) is 9.47 Å². The van der Waals surface area contributed by atoms with Crippen LogP contribution in [0.2, 0.25) is 0 Å². The Bertz CT molecular complexity index is 761. The molecule has 0 N–H and O–H groups in total. The van der Waals surface area contributed by atoms with Crippen molar-refractivity contribution in [3.05, 3.63) is 30.2 Å². The maximum Gasteiger partial charge on any atom is 0.254 e. The van der Waals surface area contributed by atoms with E-state index in [0.717, 1.165) is 25.7 Å². The monoisotopic (exact) mass is 330 g/mol. The molecule has 2 fully saturated rings. The first-order valence-electron chi connectivity index (χ1n) is 8.35. The highest BCUT2D eigenvalue weighted by molar-refractivity contribution is 5.95. The molecule has 0 bridgehead atoms. The van der Waals surface area contributed by atoms with Crippen LogP contribution in [0.25, 0.3) is 5.65 Å². The molecular formula is C17H22N4O3. The Morgan fingerprint density at radius 1 is 1.38 bits per heavy atom. The lowest BCUT2D eigenvalue weighted by molar-refractivity contribution is -0.0893. The van der Waals surface area contributed by atoms with Gasteiger partial charge in [-0.2, -0.15) is 0 Å². The number of amides is 1. The van der Waals surface area contributed by atoms with Crippen LogP contribution in [0, 0.1) is 0 Å². The van der Waals surface area contributed by atoms with Gasteiger partial charge >= 0.3 is 0 Å². The van der Waals surface area contributed by atoms with Crippen molar-refractivity contribution >= 4 is 11.6 Å². The first-order chi connectivity index (χ1) is 11.7. The number of carbonyl (C=O) groups is 1. The van der Waals surface area contributed by atoms with E-state index in [2.05, 4.69) is 10.2 Å². The molecule has 1 amide bonds. The van der Waals surface area contributed by atoms with Crippen LogP contribution in [0.4, 0.5) is 0 Å². The van der Waals surface area contributed by atoms with Crippen LogP contribution in [0.3, 0.4) is 0 Å². The molecule has 2 aromatic heterocycles. The quantitative estimate of drug-likeness (QED) is 0.854. The molecule has 4 rings (SSSR count). The Kier molecular flexibility index (Phi) is 3.77. The van der Waals surface area contributed by atoms with Gasteiger partial charge in [-0.1, -0.05) is 0 Å². The van der Waals surface area contributed by atoms with Crippen LogP contribution in [-0.2, 0) is 9.47 Å². The molecule has 1 aliphatic carbocycles. The molecular weight excluding hydrogens is 308 g/mol. The minimum absolute atomic E-state index is 0.0289. The summed E-state index contributed by atoms with van der Waals surface area (Å²) in [6.45, 7) is 0.714. The number of hydrogen-bond acceptors (Lipinski definition) is 5. The fourth-order valence-corrected chi connectivity index (χ4v) is 4.24. The number of carbonyl (C=O) groups excluding carboxylic acids is 1. The van der Waals surface area contributed by atoms with Crippen molar-refractivity contribution in [2.75, 3.05) is 20.8 Å². The number of likely N-dealkylation sites (tertiary alicyclic amines) is 1. The van der Waals surface area contributed by atoms with Gasteiger partial charge in [-0.25, -0.2) is 0 Å². The Balaban J connectivity index is 1.63. The number of ether oxygens (including phenoxy) is 2. The van der Waals surface area contributed by atoms with E-state index in [1.807, 2.05) is 17.2 Å². The van der Waals surface area contributed by atoms with Gasteiger partial charge in [0.2, 0.25) is 0 Å². The summed E-state index contributed by atoms with van der Waals surface area (Å²) in [6, 6.07) is 3.67. The average Bonchev–Trinajstić information content (AvgIpc) is 3.24. The van der Waals surface area contributed by atoms with Gasteiger partial charge in [-0.3, -0.25) is 9.20 Å². The second-order valence-electron chi connectivity index (χ2n) is 6.68. The predicted molar refractivity (Wildman–Crippen MR) is 86.8 cm³/mol. The summed E-state index contributed by atoms with van der Waals surface area (Å²) < 4.78 is 13.2. The molecule has 0 radical (unpaired) electrons. The predicted octanol–water partition coefficient (Wildman–Crippen LogP) is 1.53. The fourth-order valence-electron chi connectivity index (χ4n) is 4.24. The molecule has 3 heterocycles. The van der Waals surface area contributed by atoms with Crippen molar-refractivity contribution in [2.45, 2.75) is 43.4 Å². The standard InChI is InChI=1S/C17H22N4O3/c1-23-13-3-5-17(24-2)6-8-21(14(17)10-13)16(22)12-4-7-20-11-18-19-15(20)9-12/h4,7,9,11,13-14H,3,5-6,8,10H2,1-2H3/t13-,14+,17-/m0/s1. The summed E-state index contributed by atoms with van der Waals surface area (Å²) in [5.74, 6) is 0.0289. The SMILES string of the molecule is CO[C@H]1CC[C@]2(OC)CCN(C(=O)c3ccn4cnnc4c3)[C@@H]2C1. The number of hydrogen-bond donors (Lipinski definition) is 0. The molecule has 0 unspecified atom stereocenters. The van der Waals surface area contributed by atoms with Crippen LogP contribution in [0.5, 0.6) is 0 Å². The molecule has 1 saturated carbocycles. The largest absolute Gasteiger partial charge is 0.381 e. The summed E-state index contributed by atoms with van der Waals surface area (Å²) in [5, 5.41) is 7.88. The van der Waals surface area contributed by atoms with E-state index in [0.29, 0.717) is 17.8 Å². The smallest absolute Gasteiger partial charge is 0.254 e. The number of rotatable bonds is 3. The van der Waals surface area contributed by atoms with Crippen molar-refractivity contribution in [2.24, 2.45) is 0 Å². The maximum atomic E-state index is 13.1. The molecule has 1 aliphatic heterocycles. The summed E-state index contributed by atoms with van der Waals surface area (Å²) in [5.41, 5.74) is 1.09. The van der Waals surface area contributed by atoms with Gasteiger partial charge in [-0.15, -0.1) is 10.2 Å². The first-order valence-corrected chi connectivity index (χ1v) is 8.35. The fraction of sp³-hybridized carbons (Fsp3) is 0.588. The first kappa shape index (κ1) is 15.5. The lowest BCUT2D eigenvalue weighted by atomic mass is 9.79. The number of pyridine rings is 1. The van der Waals surface area contributed by atoms with Crippen LogP contribution in [0.1, 0.15) is 36.0 Å². The van der Waals surface area contributed by atoms with Gasteiger partial charge in [-0.05, 0) is 37.8 Å². The Morgan fingerprint density at radius 2 is 2.25 bits per heavy atom. The van der Waals surface area contributed by atoms with Gasteiger partial charge in [0, 0.05) is 32.5 Å². The highest BCUT2D eigenvalue weighted by atomic mass is 16.5. The second-order valence-corrected chi connectivity index (χ2v) is 6.68. The number of methoxy groups -OCH3 is 2. The molecule has 0 spiro atoms. The van der Waals surface area contributed by atoms with Gasteiger partial charge in [0.25, 0.3) is 5.91 Å². The van der Waals surface area contributed by atoms with Crippen molar-refractivity contribution in [1.82, 2.24) is 19.5 Å². The Hall–Kier alpha value is -1.99. The molecule has 3 atom stereocenters. The minimum atomic E-state index is -0.232. The van der Waals surface area contributed by atoms with E-state index in [1.165, 1.54) is 0 Å². The molecule has 2 aliphatic rings. The van der Waals surface area contributed by atoms with E-state index in [1.54, 1.807) is 31.0 Å². The van der Waals surface area contributed by atoms with Crippen molar-refractivity contribution < 1.29 is 14.3 Å². The lowest BCUT2D eigenvalue weighted by Gasteiger charge is -2.43. The van der Waals surface area contributed by atoms with Crippen molar-refractivity contribution in [1.29, 1.82) is 0 Å². The lowest BCUT2D eigenvalue weighted by Crippen LogP contribution is -2.53. The van der Waals surface area contributed by atoms with E-state index in [9.17, 15) is 4.79 Å². The molecule has 2 aromatic rings. The highest BCUT2D eigenvalue weighted by Crippen LogP contribution is 2.43. The van der Waals surface area contributed by atoms with E-state index >= 15 is 0 Å². The van der Waals surface area contributed by atoms with Gasteiger partial charge in [0.1, 0.15) is 6.33 Å². The molecule has 7 heteroatoms. The maximum absolute atomic E-state index is 13.1. The summed E-state index contributed by atoms with van der Waals surface area (Å²) in [7, 11) is 3.50. The van der Waals surface area contributed by atoms with E-state index < -0.39 is 0 Å². The zero-order valence-electron chi connectivity index (χ0n) is 14.0. The molecule has 7 nitrogen and oxygen atoms in total. The normalized spacial score (nSPS) is 29.8. The number of aromatic nitrogens is 3. The van der Waals surface area contributed by atoms with Crippen LogP contribution in [0.15, 0.2) is 24.7 Å². The molecule has 1 saturated heterocycles. The minimum Gasteiger partial charge on any atom is -0.381 e. The third-order valence-electron chi connectivity index (χ3n) is 5.68. The molecule has 24 heavy (non-hydrogen) atoms. The Labute approximate surface area is 140 Å². The van der Waals surface area contributed by atoms with Gasteiger partial charge < -0.3 is 14.4 Å².